The molecule has 1 saturated heterocycles. The molecule has 0 aliphatic carbocycles. The maximum atomic E-state index is 12.2. The van der Waals surface area contributed by atoms with E-state index in [0.717, 1.165) is 6.42 Å². The Labute approximate surface area is 116 Å². The number of hydrogen-bond acceptors (Lipinski definition) is 3. The average Bonchev–Trinajstić information content (AvgIpc) is 2.34. The maximum absolute atomic E-state index is 12.2. The number of carbonyl (C=O) groups excluding carboxylic acids is 1. The molecule has 1 rings (SSSR count). The lowest BCUT2D eigenvalue weighted by Gasteiger charge is -2.38. The zero-order valence-electron chi connectivity index (χ0n) is 12.5. The van der Waals surface area contributed by atoms with Gasteiger partial charge in [0.25, 0.3) is 0 Å². The van der Waals surface area contributed by atoms with Gasteiger partial charge in [-0.2, -0.15) is 0 Å². The summed E-state index contributed by atoms with van der Waals surface area (Å²) in [6, 6.07) is -0.330. The van der Waals surface area contributed by atoms with Gasteiger partial charge in [-0.05, 0) is 26.7 Å². The second-order valence-electron chi connectivity index (χ2n) is 5.63. The van der Waals surface area contributed by atoms with E-state index >= 15 is 0 Å². The van der Waals surface area contributed by atoms with Crippen LogP contribution in [-0.2, 0) is 9.84 Å². The summed E-state index contributed by atoms with van der Waals surface area (Å²) < 4.78 is 23.6. The zero-order valence-corrected chi connectivity index (χ0v) is 13.3. The lowest BCUT2D eigenvalue weighted by atomic mass is 10.0. The zero-order chi connectivity index (χ0) is 14.8. The molecular formula is C13H26N2O3S. The van der Waals surface area contributed by atoms with Gasteiger partial charge in [0.05, 0.1) is 11.0 Å². The third-order valence-corrected chi connectivity index (χ3v) is 6.74. The van der Waals surface area contributed by atoms with Gasteiger partial charge in [-0.1, -0.05) is 20.3 Å². The van der Waals surface area contributed by atoms with E-state index in [2.05, 4.69) is 19.2 Å². The lowest BCUT2D eigenvalue weighted by Crippen LogP contribution is -2.58. The summed E-state index contributed by atoms with van der Waals surface area (Å²) in [5.74, 6) is 0.467. The molecule has 0 saturated carbocycles. The molecule has 6 heteroatoms. The van der Waals surface area contributed by atoms with Crippen LogP contribution in [-0.4, -0.2) is 49.0 Å². The minimum absolute atomic E-state index is 0.0592. The largest absolute Gasteiger partial charge is 0.335 e. The Balaban J connectivity index is 2.69. The minimum Gasteiger partial charge on any atom is -0.335 e. The van der Waals surface area contributed by atoms with Crippen LogP contribution in [0.15, 0.2) is 0 Å². The summed E-state index contributed by atoms with van der Waals surface area (Å²) in [4.78, 5) is 13.9. The first kappa shape index (κ1) is 16.3. The van der Waals surface area contributed by atoms with Crippen molar-refractivity contribution in [3.63, 3.8) is 0 Å². The fraction of sp³-hybridized carbons (Fsp3) is 0.923. The Morgan fingerprint density at radius 2 is 1.95 bits per heavy atom. The van der Waals surface area contributed by atoms with E-state index in [1.54, 1.807) is 18.7 Å². The van der Waals surface area contributed by atoms with Crippen LogP contribution in [0.1, 0.15) is 41.0 Å². The molecule has 112 valence electrons. The molecule has 19 heavy (non-hydrogen) atoms. The summed E-state index contributed by atoms with van der Waals surface area (Å²) in [7, 11) is -3.05. The highest BCUT2D eigenvalue weighted by Gasteiger charge is 2.38. The highest BCUT2D eigenvalue weighted by Crippen LogP contribution is 2.19. The van der Waals surface area contributed by atoms with Gasteiger partial charge >= 0.3 is 6.03 Å². The van der Waals surface area contributed by atoms with Crippen molar-refractivity contribution in [1.82, 2.24) is 10.2 Å². The van der Waals surface area contributed by atoms with Crippen molar-refractivity contribution in [2.24, 2.45) is 5.92 Å². The van der Waals surface area contributed by atoms with Crippen molar-refractivity contribution in [1.29, 1.82) is 0 Å². The molecule has 2 amide bonds. The summed E-state index contributed by atoms with van der Waals surface area (Å²) >= 11 is 0. The van der Waals surface area contributed by atoms with Crippen LogP contribution in [0, 0.1) is 5.92 Å². The number of amides is 2. The van der Waals surface area contributed by atoms with Gasteiger partial charge in [-0.15, -0.1) is 0 Å². The Morgan fingerprint density at radius 1 is 1.37 bits per heavy atom. The third kappa shape index (κ3) is 3.61. The van der Waals surface area contributed by atoms with Crippen molar-refractivity contribution >= 4 is 15.9 Å². The molecule has 0 spiro atoms. The first-order chi connectivity index (χ1) is 8.70. The molecule has 0 aromatic rings. The van der Waals surface area contributed by atoms with Gasteiger partial charge in [0.1, 0.15) is 0 Å². The van der Waals surface area contributed by atoms with Crippen LogP contribution in [0.25, 0.3) is 0 Å². The molecule has 1 fully saturated rings. The van der Waals surface area contributed by atoms with Gasteiger partial charge in [0, 0.05) is 18.6 Å². The Morgan fingerprint density at radius 3 is 2.47 bits per heavy atom. The number of carbonyl (C=O) groups is 1. The first-order valence-corrected chi connectivity index (χ1v) is 8.71. The van der Waals surface area contributed by atoms with E-state index in [4.69, 9.17) is 0 Å². The fourth-order valence-electron chi connectivity index (χ4n) is 2.23. The molecule has 0 aromatic heterocycles. The molecule has 0 aromatic carbocycles. The van der Waals surface area contributed by atoms with Crippen molar-refractivity contribution < 1.29 is 13.2 Å². The van der Waals surface area contributed by atoms with E-state index in [0.29, 0.717) is 5.92 Å². The van der Waals surface area contributed by atoms with Crippen LogP contribution < -0.4 is 5.32 Å². The molecular weight excluding hydrogens is 264 g/mol. The second-order valence-corrected chi connectivity index (χ2v) is 8.11. The van der Waals surface area contributed by atoms with Crippen LogP contribution in [0.4, 0.5) is 4.79 Å². The van der Waals surface area contributed by atoms with Gasteiger partial charge in [-0.25, -0.2) is 13.2 Å². The normalized spacial score (nSPS) is 29.6. The smallest absolute Gasteiger partial charge is 0.317 e. The summed E-state index contributed by atoms with van der Waals surface area (Å²) in [5, 5.41) is 2.48. The Kier molecular flexibility index (Phi) is 5.24. The Hall–Kier alpha value is -0.780. The average molecular weight is 290 g/mol. The van der Waals surface area contributed by atoms with Gasteiger partial charge in [0.2, 0.25) is 0 Å². The summed E-state index contributed by atoms with van der Waals surface area (Å²) in [6.07, 6.45) is 1.00. The predicted octanol–water partition coefficient (Wildman–Crippen LogP) is 1.64. The maximum Gasteiger partial charge on any atom is 0.317 e. The molecule has 4 atom stereocenters. The number of nitrogens with one attached hydrogen (secondary N) is 1. The molecule has 0 unspecified atom stereocenters. The van der Waals surface area contributed by atoms with Gasteiger partial charge in [0.15, 0.2) is 9.84 Å². The molecule has 1 N–H and O–H groups in total. The molecule has 5 nitrogen and oxygen atoms in total. The van der Waals surface area contributed by atoms with Crippen LogP contribution >= 0.6 is 0 Å². The second kappa shape index (κ2) is 6.11. The standard InChI is InChI=1S/C13H26N2O3S/c1-6-9(2)10(3)14-13(16)15-7-8-19(17,18)12(5)11(15)4/h9-12H,6-8H2,1-5H3,(H,14,16)/t9-,10-,11+,12-/m0/s1. The highest BCUT2D eigenvalue weighted by atomic mass is 32.2. The van der Waals surface area contributed by atoms with Crippen LogP contribution in [0.2, 0.25) is 0 Å². The number of rotatable bonds is 3. The van der Waals surface area contributed by atoms with Crippen molar-refractivity contribution in [2.75, 3.05) is 12.3 Å². The molecule has 0 radical (unpaired) electrons. The predicted molar refractivity (Wildman–Crippen MR) is 76.9 cm³/mol. The van der Waals surface area contributed by atoms with Gasteiger partial charge < -0.3 is 10.2 Å². The van der Waals surface area contributed by atoms with Crippen molar-refractivity contribution in [2.45, 2.75) is 58.4 Å². The van der Waals surface area contributed by atoms with E-state index in [9.17, 15) is 13.2 Å². The van der Waals surface area contributed by atoms with E-state index < -0.39 is 15.1 Å². The summed E-state index contributed by atoms with van der Waals surface area (Å²) in [6.45, 7) is 9.93. The van der Waals surface area contributed by atoms with E-state index in [1.165, 1.54) is 0 Å². The lowest BCUT2D eigenvalue weighted by molar-refractivity contribution is 0.171. The van der Waals surface area contributed by atoms with Crippen LogP contribution in [0.5, 0.6) is 0 Å². The van der Waals surface area contributed by atoms with Gasteiger partial charge in [-0.3, -0.25) is 0 Å². The number of nitrogens with zero attached hydrogens (tertiary/aromatic N) is 1. The SMILES string of the molecule is CC[C@H](C)[C@H](C)NC(=O)N1CCS(=O)(=O)[C@@H](C)[C@H]1C. The van der Waals surface area contributed by atoms with Crippen LogP contribution in [0.3, 0.4) is 0 Å². The molecule has 1 aliphatic heterocycles. The topological polar surface area (TPSA) is 66.5 Å². The Bertz CT molecular complexity index is 422. The molecule has 0 bridgehead atoms. The van der Waals surface area contributed by atoms with E-state index in [-0.39, 0.29) is 30.4 Å². The molecule has 1 heterocycles. The summed E-state index contributed by atoms with van der Waals surface area (Å²) in [5.41, 5.74) is 0. The fourth-order valence-corrected chi connectivity index (χ4v) is 3.80. The quantitative estimate of drug-likeness (QED) is 0.859. The molecule has 1 aliphatic rings. The van der Waals surface area contributed by atoms with Crippen molar-refractivity contribution in [3.8, 4) is 0 Å². The monoisotopic (exact) mass is 290 g/mol. The van der Waals surface area contributed by atoms with Crippen molar-refractivity contribution in [3.05, 3.63) is 0 Å². The number of urea groups is 1. The first-order valence-electron chi connectivity index (χ1n) is 6.99. The third-order valence-electron chi connectivity index (χ3n) is 4.46. The highest BCUT2D eigenvalue weighted by molar-refractivity contribution is 7.92. The minimum atomic E-state index is -3.05. The van der Waals surface area contributed by atoms with E-state index in [1.807, 2.05) is 6.92 Å². The number of sulfone groups is 1. The number of hydrogen-bond donors (Lipinski definition) is 1.